The van der Waals surface area contributed by atoms with E-state index in [0.29, 0.717) is 0 Å². The van der Waals surface area contributed by atoms with Gasteiger partial charge >= 0.3 is 0 Å². The van der Waals surface area contributed by atoms with Crippen LogP contribution in [0.2, 0.25) is 0 Å². The summed E-state index contributed by atoms with van der Waals surface area (Å²) in [7, 11) is 0. The second-order valence-electron chi connectivity index (χ2n) is 5.35. The van der Waals surface area contributed by atoms with E-state index >= 15 is 0 Å². The second-order valence-corrected chi connectivity index (χ2v) is 5.35. The van der Waals surface area contributed by atoms with Crippen LogP contribution in [0.1, 0.15) is 46.0 Å². The maximum absolute atomic E-state index is 9.47. The first kappa shape index (κ1) is 10.4. The van der Waals surface area contributed by atoms with Gasteiger partial charge in [0.25, 0.3) is 0 Å². The summed E-state index contributed by atoms with van der Waals surface area (Å²) in [4.78, 5) is 2.68. The minimum Gasteiger partial charge on any atom is -0.393 e. The predicted octanol–water partition coefficient (Wildman–Crippen LogP) is 2.02. The van der Waals surface area contributed by atoms with Crippen LogP contribution >= 0.6 is 0 Å². The van der Waals surface area contributed by atoms with Crippen LogP contribution in [0.4, 0.5) is 0 Å². The number of nitrogens with zero attached hydrogens (tertiary/aromatic N) is 1. The zero-order valence-corrected chi connectivity index (χ0v) is 9.45. The average Bonchev–Trinajstić information content (AvgIpc) is 2.47. The molecule has 2 fully saturated rings. The fourth-order valence-corrected chi connectivity index (χ4v) is 3.23. The van der Waals surface area contributed by atoms with E-state index in [-0.39, 0.29) is 6.10 Å². The molecule has 0 aromatic rings. The van der Waals surface area contributed by atoms with Gasteiger partial charge in [-0.3, -0.25) is 4.90 Å². The highest BCUT2D eigenvalue weighted by atomic mass is 16.3. The molecule has 82 valence electrons. The number of likely N-dealkylation sites (tertiary alicyclic amines) is 1. The quantitative estimate of drug-likeness (QED) is 0.695. The van der Waals surface area contributed by atoms with Crippen LogP contribution in [-0.2, 0) is 0 Å². The molecule has 1 aliphatic heterocycles. The molecule has 2 heteroatoms. The largest absolute Gasteiger partial charge is 0.393 e. The molecule has 2 rings (SSSR count). The van der Waals surface area contributed by atoms with E-state index in [1.54, 1.807) is 0 Å². The summed E-state index contributed by atoms with van der Waals surface area (Å²) in [5.74, 6) is 0.872. The Bertz CT molecular complexity index is 187. The third-order valence-electron chi connectivity index (χ3n) is 3.97. The lowest BCUT2D eigenvalue weighted by atomic mass is 9.92. The Morgan fingerprint density at radius 1 is 1.07 bits per heavy atom. The van der Waals surface area contributed by atoms with E-state index in [1.807, 2.05) is 0 Å². The second kappa shape index (κ2) is 4.19. The van der Waals surface area contributed by atoms with Gasteiger partial charge in [-0.05, 0) is 44.9 Å². The smallest absolute Gasteiger partial charge is 0.0541 e. The topological polar surface area (TPSA) is 23.5 Å². The Hall–Kier alpha value is -0.0800. The van der Waals surface area contributed by atoms with Gasteiger partial charge in [0.1, 0.15) is 0 Å². The van der Waals surface area contributed by atoms with Gasteiger partial charge < -0.3 is 5.11 Å². The molecule has 0 radical (unpaired) electrons. The molecule has 0 bridgehead atoms. The average molecular weight is 197 g/mol. The van der Waals surface area contributed by atoms with E-state index < -0.39 is 0 Å². The monoisotopic (exact) mass is 197 g/mol. The maximum Gasteiger partial charge on any atom is 0.0541 e. The maximum atomic E-state index is 9.47. The summed E-state index contributed by atoms with van der Waals surface area (Å²) < 4.78 is 0. The van der Waals surface area contributed by atoms with Crippen molar-refractivity contribution in [1.29, 1.82) is 0 Å². The van der Waals surface area contributed by atoms with Crippen LogP contribution < -0.4 is 0 Å². The first-order valence-electron chi connectivity index (χ1n) is 6.10. The minimum absolute atomic E-state index is 0.0124. The highest BCUT2D eigenvalue weighted by Gasteiger charge is 2.33. The van der Waals surface area contributed by atoms with Crippen LogP contribution in [-0.4, -0.2) is 34.7 Å². The van der Waals surface area contributed by atoms with Gasteiger partial charge in [-0.1, -0.05) is 6.92 Å². The van der Waals surface area contributed by atoms with Crippen molar-refractivity contribution in [1.82, 2.24) is 4.90 Å². The van der Waals surface area contributed by atoms with Gasteiger partial charge in [-0.25, -0.2) is 0 Å². The van der Waals surface area contributed by atoms with Crippen molar-refractivity contribution in [2.75, 3.05) is 6.54 Å². The highest BCUT2D eigenvalue weighted by molar-refractivity contribution is 4.88. The van der Waals surface area contributed by atoms with Crippen LogP contribution in [0, 0.1) is 5.92 Å². The Kier molecular flexibility index (Phi) is 3.13. The number of hydrogen-bond acceptors (Lipinski definition) is 2. The van der Waals surface area contributed by atoms with E-state index in [0.717, 1.165) is 30.8 Å². The Morgan fingerprint density at radius 2 is 1.71 bits per heavy atom. The van der Waals surface area contributed by atoms with Gasteiger partial charge in [-0.15, -0.1) is 0 Å². The molecule has 2 aliphatic rings. The molecule has 1 N–H and O–H groups in total. The van der Waals surface area contributed by atoms with Crippen LogP contribution in [0.5, 0.6) is 0 Å². The number of aliphatic hydroxyl groups is 1. The van der Waals surface area contributed by atoms with Gasteiger partial charge in [0.2, 0.25) is 0 Å². The van der Waals surface area contributed by atoms with Crippen molar-refractivity contribution in [3.05, 3.63) is 0 Å². The highest BCUT2D eigenvalue weighted by Crippen LogP contribution is 2.31. The van der Waals surface area contributed by atoms with Crippen molar-refractivity contribution in [2.45, 2.75) is 64.1 Å². The third kappa shape index (κ3) is 2.12. The van der Waals surface area contributed by atoms with Gasteiger partial charge in [0, 0.05) is 18.6 Å². The molecule has 0 aromatic carbocycles. The predicted molar refractivity (Wildman–Crippen MR) is 58.2 cm³/mol. The van der Waals surface area contributed by atoms with Crippen molar-refractivity contribution < 1.29 is 5.11 Å². The van der Waals surface area contributed by atoms with Crippen LogP contribution in [0.25, 0.3) is 0 Å². The Balaban J connectivity index is 1.89. The van der Waals surface area contributed by atoms with Crippen molar-refractivity contribution in [2.24, 2.45) is 5.92 Å². The van der Waals surface area contributed by atoms with E-state index in [9.17, 15) is 5.11 Å². The molecule has 1 saturated heterocycles. The summed E-state index contributed by atoms with van der Waals surface area (Å²) in [6.07, 6.45) is 5.79. The lowest BCUT2D eigenvalue weighted by Crippen LogP contribution is -2.41. The molecule has 1 heterocycles. The van der Waals surface area contributed by atoms with Crippen LogP contribution in [0.15, 0.2) is 0 Å². The summed E-state index contributed by atoms with van der Waals surface area (Å²) >= 11 is 0. The van der Waals surface area contributed by atoms with Crippen molar-refractivity contribution >= 4 is 0 Å². The molecule has 1 saturated carbocycles. The SMILES string of the molecule is CC1CC(C)N(C2CCC(O)CC2)C1. The summed E-state index contributed by atoms with van der Waals surface area (Å²) in [6, 6.07) is 1.53. The lowest BCUT2D eigenvalue weighted by Gasteiger charge is -2.35. The fraction of sp³-hybridized carbons (Fsp3) is 1.00. The van der Waals surface area contributed by atoms with E-state index in [2.05, 4.69) is 18.7 Å². The van der Waals surface area contributed by atoms with Crippen LogP contribution in [0.3, 0.4) is 0 Å². The fourth-order valence-electron chi connectivity index (χ4n) is 3.23. The van der Waals surface area contributed by atoms with E-state index in [4.69, 9.17) is 0 Å². The third-order valence-corrected chi connectivity index (χ3v) is 3.97. The van der Waals surface area contributed by atoms with Crippen molar-refractivity contribution in [3.63, 3.8) is 0 Å². The molecular weight excluding hydrogens is 174 g/mol. The molecule has 2 unspecified atom stereocenters. The summed E-state index contributed by atoms with van der Waals surface area (Å²) in [6.45, 7) is 5.99. The molecule has 14 heavy (non-hydrogen) atoms. The standard InChI is InChI=1S/C12H23NO/c1-9-7-10(2)13(8-9)11-3-5-12(14)6-4-11/h9-12,14H,3-8H2,1-2H3. The Labute approximate surface area is 87.3 Å². The number of rotatable bonds is 1. The minimum atomic E-state index is -0.0124. The molecule has 0 spiro atoms. The lowest BCUT2D eigenvalue weighted by molar-refractivity contribution is 0.0701. The first-order chi connectivity index (χ1) is 6.66. The van der Waals surface area contributed by atoms with Gasteiger partial charge in [0.15, 0.2) is 0 Å². The van der Waals surface area contributed by atoms with Crippen molar-refractivity contribution in [3.8, 4) is 0 Å². The van der Waals surface area contributed by atoms with Gasteiger partial charge in [0.05, 0.1) is 6.10 Å². The molecule has 2 atom stereocenters. The van der Waals surface area contributed by atoms with E-state index in [1.165, 1.54) is 25.8 Å². The molecule has 0 aromatic heterocycles. The zero-order chi connectivity index (χ0) is 10.1. The number of hydrogen-bond donors (Lipinski definition) is 1. The number of aliphatic hydroxyl groups excluding tert-OH is 1. The first-order valence-corrected chi connectivity index (χ1v) is 6.10. The normalized spacial score (nSPS) is 45.6. The summed E-state index contributed by atoms with van der Waals surface area (Å²) in [5.41, 5.74) is 0. The zero-order valence-electron chi connectivity index (χ0n) is 9.45. The molecule has 2 nitrogen and oxygen atoms in total. The molecular formula is C12H23NO. The summed E-state index contributed by atoms with van der Waals surface area (Å²) in [5, 5.41) is 9.47. The molecule has 0 amide bonds. The molecule has 1 aliphatic carbocycles. The Morgan fingerprint density at radius 3 is 2.21 bits per heavy atom. The van der Waals surface area contributed by atoms with Gasteiger partial charge in [-0.2, -0.15) is 0 Å².